The minimum Gasteiger partial charge on any atom is -0.363 e. The molecule has 4 rings (SSSR count). The highest BCUT2D eigenvalue weighted by molar-refractivity contribution is 6.30. The van der Waals surface area contributed by atoms with Crippen molar-refractivity contribution in [2.24, 2.45) is 7.05 Å². The van der Waals surface area contributed by atoms with Crippen LogP contribution in [0.25, 0.3) is 22.2 Å². The van der Waals surface area contributed by atoms with Crippen LogP contribution in [0, 0.1) is 12.7 Å². The SMILES string of the molecule is Cc1ccc(Cl)cc1-c1cc2c(N[C@H](C)c3cccc(C(F)F)c3F)nc(=O)n(C)c2cn1. The maximum atomic E-state index is 14.7. The summed E-state index contributed by atoms with van der Waals surface area (Å²) in [5, 5.41) is 4.14. The number of pyridine rings is 1. The van der Waals surface area contributed by atoms with Gasteiger partial charge in [-0.3, -0.25) is 9.55 Å². The van der Waals surface area contributed by atoms with E-state index >= 15 is 0 Å². The van der Waals surface area contributed by atoms with Gasteiger partial charge in [0, 0.05) is 28.6 Å². The highest BCUT2D eigenvalue weighted by atomic mass is 35.5. The van der Waals surface area contributed by atoms with Gasteiger partial charge in [-0.25, -0.2) is 18.0 Å². The summed E-state index contributed by atoms with van der Waals surface area (Å²) in [5.41, 5.74) is 1.73. The average Bonchev–Trinajstić information content (AvgIpc) is 2.78. The lowest BCUT2D eigenvalue weighted by Gasteiger charge is -2.19. The van der Waals surface area contributed by atoms with E-state index in [1.165, 1.54) is 16.7 Å². The Morgan fingerprint density at radius 3 is 2.58 bits per heavy atom. The van der Waals surface area contributed by atoms with Crippen molar-refractivity contribution in [3.63, 3.8) is 0 Å². The molecule has 5 nitrogen and oxygen atoms in total. The van der Waals surface area contributed by atoms with Gasteiger partial charge in [0.1, 0.15) is 11.6 Å². The van der Waals surface area contributed by atoms with Crippen molar-refractivity contribution in [1.82, 2.24) is 14.5 Å². The van der Waals surface area contributed by atoms with E-state index in [-0.39, 0.29) is 11.4 Å². The number of halogens is 4. The number of fused-ring (bicyclic) bond motifs is 1. The number of aromatic nitrogens is 3. The highest BCUT2D eigenvalue weighted by Gasteiger charge is 2.21. The largest absolute Gasteiger partial charge is 0.363 e. The molecule has 4 aromatic rings. The molecule has 0 aliphatic heterocycles. The molecule has 0 fully saturated rings. The fourth-order valence-electron chi connectivity index (χ4n) is 3.72. The third kappa shape index (κ3) is 4.30. The molecule has 0 aliphatic rings. The molecule has 0 bridgehead atoms. The van der Waals surface area contributed by atoms with Crippen LogP contribution in [0.4, 0.5) is 19.0 Å². The molecule has 2 aromatic heterocycles. The predicted molar refractivity (Wildman–Crippen MR) is 123 cm³/mol. The second kappa shape index (κ2) is 8.86. The number of nitrogens with zero attached hydrogens (tertiary/aromatic N) is 3. The first-order valence-electron chi connectivity index (χ1n) is 10.1. The van der Waals surface area contributed by atoms with E-state index < -0.39 is 29.5 Å². The molecule has 170 valence electrons. The van der Waals surface area contributed by atoms with Gasteiger partial charge in [-0.15, -0.1) is 0 Å². The van der Waals surface area contributed by atoms with Crippen molar-refractivity contribution in [2.45, 2.75) is 26.3 Å². The Morgan fingerprint density at radius 2 is 1.85 bits per heavy atom. The third-order valence-electron chi connectivity index (χ3n) is 5.58. The van der Waals surface area contributed by atoms with Crippen LogP contribution in [0.3, 0.4) is 0 Å². The van der Waals surface area contributed by atoms with Crippen LogP contribution in [0.2, 0.25) is 5.02 Å². The van der Waals surface area contributed by atoms with Gasteiger partial charge in [0.25, 0.3) is 6.43 Å². The predicted octanol–water partition coefficient (Wildman–Crippen LogP) is 6.21. The zero-order valence-electron chi connectivity index (χ0n) is 18.0. The number of aryl methyl sites for hydroxylation is 2. The van der Waals surface area contributed by atoms with Crippen LogP contribution in [-0.2, 0) is 7.05 Å². The minimum absolute atomic E-state index is 0.0448. The van der Waals surface area contributed by atoms with E-state index in [9.17, 15) is 18.0 Å². The van der Waals surface area contributed by atoms with Crippen LogP contribution >= 0.6 is 11.6 Å². The molecule has 1 atom stereocenters. The third-order valence-corrected chi connectivity index (χ3v) is 5.82. The molecular weight excluding hydrogens is 453 g/mol. The van der Waals surface area contributed by atoms with E-state index in [1.54, 1.807) is 38.4 Å². The first-order chi connectivity index (χ1) is 15.7. The summed E-state index contributed by atoms with van der Waals surface area (Å²) in [4.78, 5) is 21.0. The normalized spacial score (nSPS) is 12.4. The monoisotopic (exact) mass is 472 g/mol. The van der Waals surface area contributed by atoms with Crippen molar-refractivity contribution < 1.29 is 13.2 Å². The summed E-state index contributed by atoms with van der Waals surface area (Å²) in [7, 11) is 1.57. The van der Waals surface area contributed by atoms with Crippen LogP contribution in [0.15, 0.2) is 53.5 Å². The summed E-state index contributed by atoms with van der Waals surface area (Å²) in [6.07, 6.45) is -1.38. The van der Waals surface area contributed by atoms with Gasteiger partial charge in [0.15, 0.2) is 0 Å². The molecule has 33 heavy (non-hydrogen) atoms. The zero-order chi connectivity index (χ0) is 23.9. The molecule has 0 radical (unpaired) electrons. The Balaban J connectivity index is 1.84. The number of hydrogen-bond donors (Lipinski definition) is 1. The molecular formula is C24H20ClF3N4O. The van der Waals surface area contributed by atoms with Crippen LogP contribution in [-0.4, -0.2) is 14.5 Å². The lowest BCUT2D eigenvalue weighted by molar-refractivity contribution is 0.146. The molecule has 1 N–H and O–H groups in total. The van der Waals surface area contributed by atoms with Crippen LogP contribution in [0.5, 0.6) is 0 Å². The summed E-state index contributed by atoms with van der Waals surface area (Å²) in [5.74, 6) is -0.789. The first-order valence-corrected chi connectivity index (χ1v) is 10.5. The topological polar surface area (TPSA) is 59.8 Å². The van der Waals surface area contributed by atoms with Gasteiger partial charge < -0.3 is 5.32 Å². The van der Waals surface area contributed by atoms with Crippen molar-refractivity contribution in [2.75, 3.05) is 5.32 Å². The fourth-order valence-corrected chi connectivity index (χ4v) is 3.89. The lowest BCUT2D eigenvalue weighted by atomic mass is 10.0. The Bertz CT molecular complexity index is 1420. The second-order valence-electron chi connectivity index (χ2n) is 7.77. The van der Waals surface area contributed by atoms with Crippen molar-refractivity contribution in [1.29, 1.82) is 0 Å². The number of rotatable bonds is 5. The lowest BCUT2D eigenvalue weighted by Crippen LogP contribution is -2.23. The van der Waals surface area contributed by atoms with Crippen molar-refractivity contribution in [3.8, 4) is 11.3 Å². The molecule has 0 unspecified atom stereocenters. The number of anilines is 1. The molecule has 0 saturated carbocycles. The fraction of sp³-hybridized carbons (Fsp3) is 0.208. The van der Waals surface area contributed by atoms with Crippen LogP contribution in [0.1, 0.15) is 36.1 Å². The number of hydrogen-bond acceptors (Lipinski definition) is 4. The van der Waals surface area contributed by atoms with Gasteiger partial charge in [-0.1, -0.05) is 35.9 Å². The second-order valence-corrected chi connectivity index (χ2v) is 8.20. The van der Waals surface area contributed by atoms with Gasteiger partial charge in [-0.2, -0.15) is 4.98 Å². The van der Waals surface area contributed by atoms with Crippen molar-refractivity contribution >= 4 is 28.3 Å². The van der Waals surface area contributed by atoms with E-state index in [1.807, 2.05) is 13.0 Å². The highest BCUT2D eigenvalue weighted by Crippen LogP contribution is 2.32. The molecule has 2 aromatic carbocycles. The maximum absolute atomic E-state index is 14.7. The Kier molecular flexibility index (Phi) is 6.12. The van der Waals surface area contributed by atoms with Gasteiger partial charge >= 0.3 is 5.69 Å². The molecule has 2 heterocycles. The number of alkyl halides is 2. The number of benzene rings is 2. The van der Waals surface area contributed by atoms with Gasteiger partial charge in [-0.05, 0) is 37.6 Å². The summed E-state index contributed by atoms with van der Waals surface area (Å²) >= 11 is 6.16. The van der Waals surface area contributed by atoms with E-state index in [4.69, 9.17) is 11.6 Å². The van der Waals surface area contributed by atoms with Gasteiger partial charge in [0.2, 0.25) is 0 Å². The van der Waals surface area contributed by atoms with E-state index in [2.05, 4.69) is 15.3 Å². The molecule has 0 spiro atoms. The summed E-state index contributed by atoms with van der Waals surface area (Å²) in [6.45, 7) is 3.54. The standard InChI is InChI=1S/C24H20ClF3N4O/c1-12-7-8-14(25)9-17(12)19-10-18-20(11-29-19)32(3)24(33)31-23(18)30-13(2)15-5-4-6-16(21(15)26)22(27)28/h4-11,13,22H,1-3H3,(H,30,31,33)/t13-/m1/s1. The smallest absolute Gasteiger partial charge is 0.349 e. The quantitative estimate of drug-likeness (QED) is 0.375. The number of nitrogens with one attached hydrogen (secondary N) is 1. The van der Waals surface area contributed by atoms with Crippen molar-refractivity contribution in [3.05, 3.63) is 86.7 Å². The minimum atomic E-state index is -2.94. The Hall–Kier alpha value is -3.39. The average molecular weight is 473 g/mol. The maximum Gasteiger partial charge on any atom is 0.349 e. The molecule has 0 amide bonds. The summed E-state index contributed by atoms with van der Waals surface area (Å²) in [6, 6.07) is 10.3. The van der Waals surface area contributed by atoms with Crippen LogP contribution < -0.4 is 11.0 Å². The Labute approximate surface area is 192 Å². The molecule has 0 saturated heterocycles. The molecule has 9 heteroatoms. The first kappa shape index (κ1) is 22.8. The van der Waals surface area contributed by atoms with E-state index in [0.717, 1.165) is 17.2 Å². The zero-order valence-corrected chi connectivity index (χ0v) is 18.8. The Morgan fingerprint density at radius 1 is 1.12 bits per heavy atom. The van der Waals surface area contributed by atoms with E-state index in [0.29, 0.717) is 21.6 Å². The molecule has 0 aliphatic carbocycles. The van der Waals surface area contributed by atoms with Gasteiger partial charge in [0.05, 0.1) is 29.0 Å². The summed E-state index contributed by atoms with van der Waals surface area (Å²) < 4.78 is 42.3.